The fourth-order valence-corrected chi connectivity index (χ4v) is 2.57. The highest BCUT2D eigenvalue weighted by Gasteiger charge is 2.17. The number of carbonyl (C=O) groups excluding carboxylic acids is 1. The van der Waals surface area contributed by atoms with Crippen molar-refractivity contribution < 1.29 is 9.53 Å². The van der Waals surface area contributed by atoms with Gasteiger partial charge in [0, 0.05) is 18.1 Å². The average Bonchev–Trinajstić information content (AvgIpc) is 2.97. The van der Waals surface area contributed by atoms with E-state index < -0.39 is 5.60 Å². The summed E-state index contributed by atoms with van der Waals surface area (Å²) in [4.78, 5) is 16.2. The molecular weight excluding hydrogens is 296 g/mol. The van der Waals surface area contributed by atoms with E-state index in [1.807, 2.05) is 44.5 Å². The number of benzene rings is 1. The van der Waals surface area contributed by atoms with Gasteiger partial charge in [0.05, 0.1) is 11.6 Å². The van der Waals surface area contributed by atoms with Crippen LogP contribution in [0.3, 0.4) is 0 Å². The molecule has 0 saturated carbocycles. The largest absolute Gasteiger partial charge is 0.456 e. The molecule has 0 aliphatic rings. The lowest BCUT2D eigenvalue weighted by molar-refractivity contribution is 0.00695. The third kappa shape index (κ3) is 4.93. The Hall–Kier alpha value is -1.72. The van der Waals surface area contributed by atoms with Crippen LogP contribution < -0.4 is 5.32 Å². The van der Waals surface area contributed by atoms with Crippen molar-refractivity contribution in [2.75, 3.05) is 0 Å². The maximum Gasteiger partial charge on any atom is 0.338 e. The molecule has 2 aromatic rings. The molecule has 0 saturated heterocycles. The lowest BCUT2D eigenvalue weighted by Gasteiger charge is -2.19. The molecule has 0 fully saturated rings. The van der Waals surface area contributed by atoms with Crippen molar-refractivity contribution in [2.45, 2.75) is 45.9 Å². The van der Waals surface area contributed by atoms with Crippen molar-refractivity contribution in [1.29, 1.82) is 0 Å². The van der Waals surface area contributed by atoms with Gasteiger partial charge in [-0.05, 0) is 45.4 Å². The van der Waals surface area contributed by atoms with E-state index in [0.29, 0.717) is 5.56 Å². The smallest absolute Gasteiger partial charge is 0.338 e. The number of aromatic nitrogens is 1. The number of esters is 1. The Labute approximate surface area is 135 Å². The van der Waals surface area contributed by atoms with Crippen LogP contribution in [0.15, 0.2) is 35.8 Å². The maximum absolute atomic E-state index is 11.9. The fraction of sp³-hybridized carbons (Fsp3) is 0.412. The first-order valence-electron chi connectivity index (χ1n) is 7.30. The predicted octanol–water partition coefficient (Wildman–Crippen LogP) is 3.95. The summed E-state index contributed by atoms with van der Waals surface area (Å²) in [6.45, 7) is 8.42. The maximum atomic E-state index is 11.9. The molecule has 0 spiro atoms. The van der Waals surface area contributed by atoms with Crippen molar-refractivity contribution in [3.8, 4) is 0 Å². The van der Waals surface area contributed by atoms with E-state index in [1.165, 1.54) is 0 Å². The summed E-state index contributed by atoms with van der Waals surface area (Å²) in [6.07, 6.45) is 1.81. The number of ether oxygens (including phenoxy) is 1. The van der Waals surface area contributed by atoms with Crippen LogP contribution in [0.1, 0.15) is 54.7 Å². The number of nitrogens with zero attached hydrogens (tertiary/aromatic N) is 1. The van der Waals surface area contributed by atoms with Crippen molar-refractivity contribution in [3.05, 3.63) is 52.0 Å². The fourth-order valence-electron chi connectivity index (χ4n) is 1.90. The van der Waals surface area contributed by atoms with Gasteiger partial charge in [-0.3, -0.25) is 0 Å². The topological polar surface area (TPSA) is 51.2 Å². The van der Waals surface area contributed by atoms with Crippen LogP contribution in [0.5, 0.6) is 0 Å². The summed E-state index contributed by atoms with van der Waals surface area (Å²) in [5.41, 5.74) is 1.22. The molecule has 0 aliphatic carbocycles. The van der Waals surface area contributed by atoms with Gasteiger partial charge in [-0.1, -0.05) is 12.1 Å². The van der Waals surface area contributed by atoms with Crippen molar-refractivity contribution in [2.24, 2.45) is 0 Å². The second kappa shape index (κ2) is 7.03. The second-order valence-electron chi connectivity index (χ2n) is 6.17. The molecular formula is C17H22N2O2S. The number of nitrogens with one attached hydrogen (secondary N) is 1. The molecule has 1 aromatic carbocycles. The van der Waals surface area contributed by atoms with E-state index in [4.69, 9.17) is 4.74 Å². The van der Waals surface area contributed by atoms with Gasteiger partial charge in [-0.15, -0.1) is 11.3 Å². The number of hydrogen-bond donors (Lipinski definition) is 1. The zero-order valence-electron chi connectivity index (χ0n) is 13.4. The average molecular weight is 318 g/mol. The highest BCUT2D eigenvalue weighted by atomic mass is 32.1. The van der Waals surface area contributed by atoms with E-state index >= 15 is 0 Å². The van der Waals surface area contributed by atoms with E-state index in [-0.39, 0.29) is 12.0 Å². The number of hydrogen-bond acceptors (Lipinski definition) is 5. The summed E-state index contributed by atoms with van der Waals surface area (Å²) < 4.78 is 5.35. The second-order valence-corrected chi connectivity index (χ2v) is 7.10. The molecule has 5 heteroatoms. The molecule has 1 aromatic heterocycles. The molecule has 118 valence electrons. The van der Waals surface area contributed by atoms with Crippen molar-refractivity contribution in [1.82, 2.24) is 10.3 Å². The highest BCUT2D eigenvalue weighted by Crippen LogP contribution is 2.16. The lowest BCUT2D eigenvalue weighted by Crippen LogP contribution is -2.24. The minimum absolute atomic E-state index is 0.213. The number of thiazole rings is 1. The Bertz CT molecular complexity index is 601. The van der Waals surface area contributed by atoms with Gasteiger partial charge < -0.3 is 10.1 Å². The molecule has 22 heavy (non-hydrogen) atoms. The molecule has 1 heterocycles. The third-order valence-electron chi connectivity index (χ3n) is 3.02. The zero-order valence-corrected chi connectivity index (χ0v) is 14.2. The Morgan fingerprint density at radius 2 is 2.00 bits per heavy atom. The minimum atomic E-state index is -0.472. The van der Waals surface area contributed by atoms with Crippen LogP contribution in [0, 0.1) is 0 Å². The Kier molecular flexibility index (Phi) is 5.32. The van der Waals surface area contributed by atoms with Gasteiger partial charge >= 0.3 is 5.97 Å². The van der Waals surface area contributed by atoms with Gasteiger partial charge in [0.2, 0.25) is 0 Å². The minimum Gasteiger partial charge on any atom is -0.456 e. The van der Waals surface area contributed by atoms with Crippen LogP contribution in [-0.2, 0) is 11.3 Å². The summed E-state index contributed by atoms with van der Waals surface area (Å²) in [5, 5.41) is 6.47. The Morgan fingerprint density at radius 1 is 1.32 bits per heavy atom. The zero-order chi connectivity index (χ0) is 16.2. The van der Waals surface area contributed by atoms with Gasteiger partial charge in [0.25, 0.3) is 0 Å². The Balaban J connectivity index is 1.90. The normalized spacial score (nSPS) is 12.9. The molecule has 0 radical (unpaired) electrons. The molecule has 2 rings (SSSR count). The molecule has 0 aliphatic heterocycles. The van der Waals surface area contributed by atoms with E-state index in [0.717, 1.165) is 17.1 Å². The van der Waals surface area contributed by atoms with Gasteiger partial charge in [0.1, 0.15) is 10.6 Å². The molecule has 1 atom stereocenters. The lowest BCUT2D eigenvalue weighted by atomic mass is 10.1. The quantitative estimate of drug-likeness (QED) is 0.848. The standard InChI is InChI=1S/C17H22N2O2S/c1-12(15-18-9-10-22-15)19-11-13-5-7-14(8-6-13)16(20)21-17(2,3)4/h5-10,12,19H,11H2,1-4H3. The summed E-state index contributed by atoms with van der Waals surface area (Å²) in [5.74, 6) is -0.289. The summed E-state index contributed by atoms with van der Waals surface area (Å²) >= 11 is 1.64. The van der Waals surface area contributed by atoms with Crippen LogP contribution in [0.2, 0.25) is 0 Å². The predicted molar refractivity (Wildman–Crippen MR) is 89.0 cm³/mol. The first-order valence-corrected chi connectivity index (χ1v) is 8.18. The van der Waals surface area contributed by atoms with Gasteiger partial charge in [-0.25, -0.2) is 9.78 Å². The number of carbonyl (C=O) groups is 1. The van der Waals surface area contributed by atoms with E-state index in [9.17, 15) is 4.79 Å². The first kappa shape index (κ1) is 16.6. The van der Waals surface area contributed by atoms with E-state index in [1.54, 1.807) is 23.5 Å². The van der Waals surface area contributed by atoms with Crippen LogP contribution >= 0.6 is 11.3 Å². The molecule has 4 nitrogen and oxygen atoms in total. The van der Waals surface area contributed by atoms with E-state index in [2.05, 4.69) is 17.2 Å². The van der Waals surface area contributed by atoms with Crippen LogP contribution in [0.4, 0.5) is 0 Å². The molecule has 0 amide bonds. The Morgan fingerprint density at radius 3 is 2.55 bits per heavy atom. The highest BCUT2D eigenvalue weighted by molar-refractivity contribution is 7.09. The number of rotatable bonds is 5. The SMILES string of the molecule is CC(NCc1ccc(C(=O)OC(C)(C)C)cc1)c1nccs1. The van der Waals surface area contributed by atoms with Crippen molar-refractivity contribution in [3.63, 3.8) is 0 Å². The van der Waals surface area contributed by atoms with Crippen molar-refractivity contribution >= 4 is 17.3 Å². The molecule has 1 N–H and O–H groups in total. The van der Waals surface area contributed by atoms with Crippen LogP contribution in [0.25, 0.3) is 0 Å². The first-order chi connectivity index (χ1) is 10.3. The monoisotopic (exact) mass is 318 g/mol. The third-order valence-corrected chi connectivity index (χ3v) is 3.98. The van der Waals surface area contributed by atoms with Gasteiger partial charge in [-0.2, -0.15) is 0 Å². The summed E-state index contributed by atoms with van der Waals surface area (Å²) in [6, 6.07) is 7.71. The molecule has 0 bridgehead atoms. The summed E-state index contributed by atoms with van der Waals surface area (Å²) in [7, 11) is 0. The van der Waals surface area contributed by atoms with Crippen LogP contribution in [-0.4, -0.2) is 16.6 Å². The molecule has 1 unspecified atom stereocenters. The van der Waals surface area contributed by atoms with Gasteiger partial charge in [0.15, 0.2) is 0 Å².